The second-order valence-corrected chi connectivity index (χ2v) is 6.39. The maximum atomic E-state index is 12.4. The Labute approximate surface area is 120 Å². The van der Waals surface area contributed by atoms with Gasteiger partial charge in [-0.15, -0.1) is 6.58 Å². The Kier molecular flexibility index (Phi) is 8.99. The van der Waals surface area contributed by atoms with Crippen molar-refractivity contribution < 1.29 is 4.79 Å². The van der Waals surface area contributed by atoms with Crippen LogP contribution < -0.4 is 5.32 Å². The minimum Gasteiger partial charge on any atom is -0.303 e. The van der Waals surface area contributed by atoms with Crippen molar-refractivity contribution >= 4 is 5.78 Å². The van der Waals surface area contributed by atoms with Crippen LogP contribution in [0, 0.1) is 5.92 Å². The van der Waals surface area contributed by atoms with Crippen LogP contribution in [0.5, 0.6) is 0 Å². The van der Waals surface area contributed by atoms with Gasteiger partial charge in [0.05, 0.1) is 5.54 Å². The van der Waals surface area contributed by atoms with Gasteiger partial charge in [0, 0.05) is 12.0 Å². The van der Waals surface area contributed by atoms with Crippen LogP contribution in [-0.4, -0.2) is 17.4 Å². The van der Waals surface area contributed by atoms with Gasteiger partial charge < -0.3 is 5.32 Å². The third-order valence-corrected chi connectivity index (χ3v) is 3.51. The molecule has 1 N–H and O–H groups in total. The lowest BCUT2D eigenvalue weighted by atomic mass is 9.83. The van der Waals surface area contributed by atoms with Crippen molar-refractivity contribution in [2.75, 3.05) is 0 Å². The molecule has 1 atom stereocenters. The maximum Gasteiger partial charge on any atom is 0.155 e. The van der Waals surface area contributed by atoms with Crippen LogP contribution >= 0.6 is 0 Å². The van der Waals surface area contributed by atoms with E-state index < -0.39 is 0 Å². The highest BCUT2D eigenvalue weighted by atomic mass is 16.1. The highest BCUT2D eigenvalue weighted by Gasteiger charge is 2.33. The quantitative estimate of drug-likeness (QED) is 0.441. The molecule has 2 nitrogen and oxygen atoms in total. The Hall–Kier alpha value is -0.630. The fourth-order valence-electron chi connectivity index (χ4n) is 2.66. The summed E-state index contributed by atoms with van der Waals surface area (Å²) >= 11 is 0. The molecule has 0 heterocycles. The van der Waals surface area contributed by atoms with Gasteiger partial charge in [-0.2, -0.15) is 0 Å². The third kappa shape index (κ3) is 7.51. The summed E-state index contributed by atoms with van der Waals surface area (Å²) in [6.07, 6.45) is 8.80. The van der Waals surface area contributed by atoms with Crippen LogP contribution in [0.1, 0.15) is 73.1 Å². The average Bonchev–Trinajstić information content (AvgIpc) is 2.31. The largest absolute Gasteiger partial charge is 0.303 e. The van der Waals surface area contributed by atoms with Gasteiger partial charge in [0.25, 0.3) is 0 Å². The van der Waals surface area contributed by atoms with Gasteiger partial charge in [-0.1, -0.05) is 39.2 Å². The molecule has 0 aliphatic carbocycles. The van der Waals surface area contributed by atoms with Crippen molar-refractivity contribution in [1.29, 1.82) is 0 Å². The number of rotatable bonds is 11. The second-order valence-electron chi connectivity index (χ2n) is 6.39. The Balaban J connectivity index is 4.28. The maximum absolute atomic E-state index is 12.4. The van der Waals surface area contributed by atoms with E-state index in [0.29, 0.717) is 11.8 Å². The first-order valence-electron chi connectivity index (χ1n) is 7.76. The van der Waals surface area contributed by atoms with E-state index in [1.165, 1.54) is 19.3 Å². The van der Waals surface area contributed by atoms with Crippen molar-refractivity contribution in [2.24, 2.45) is 5.92 Å². The first-order valence-corrected chi connectivity index (χ1v) is 7.76. The lowest BCUT2D eigenvalue weighted by Gasteiger charge is -2.33. The summed E-state index contributed by atoms with van der Waals surface area (Å²) in [7, 11) is 0. The van der Waals surface area contributed by atoms with Gasteiger partial charge in [0.15, 0.2) is 5.78 Å². The molecule has 0 rings (SSSR count). The standard InChI is InChI=1S/C17H33NO/c1-7-8-9-10-11-12-13-17(6,18-15(4)5)16(19)14(2)3/h7,14-15,18H,1,8-13H2,2-6H3/t17-/m0/s1. The Morgan fingerprint density at radius 1 is 1.16 bits per heavy atom. The minimum absolute atomic E-state index is 0.0945. The number of unbranched alkanes of at least 4 members (excludes halogenated alkanes) is 4. The average molecular weight is 267 g/mol. The van der Waals surface area contributed by atoms with Crippen LogP contribution in [0.15, 0.2) is 12.7 Å². The zero-order valence-corrected chi connectivity index (χ0v) is 13.6. The molecule has 0 saturated carbocycles. The molecule has 0 aromatic rings. The summed E-state index contributed by atoms with van der Waals surface area (Å²) < 4.78 is 0. The predicted molar refractivity (Wildman–Crippen MR) is 84.4 cm³/mol. The molecule has 112 valence electrons. The van der Waals surface area contributed by atoms with Crippen LogP contribution in [0.2, 0.25) is 0 Å². The Morgan fingerprint density at radius 3 is 2.21 bits per heavy atom. The molecule has 0 fully saturated rings. The zero-order valence-electron chi connectivity index (χ0n) is 13.6. The van der Waals surface area contributed by atoms with Gasteiger partial charge >= 0.3 is 0 Å². The second kappa shape index (κ2) is 9.30. The summed E-state index contributed by atoms with van der Waals surface area (Å²) in [4.78, 5) is 12.4. The van der Waals surface area contributed by atoms with Crippen LogP contribution in [0.4, 0.5) is 0 Å². The van der Waals surface area contributed by atoms with Gasteiger partial charge in [-0.25, -0.2) is 0 Å². The SMILES string of the molecule is C=CCCCCCC[C@](C)(NC(C)C)C(=O)C(C)C. The Bertz CT molecular complexity index is 270. The van der Waals surface area contributed by atoms with E-state index in [2.05, 4.69) is 32.7 Å². The van der Waals surface area contributed by atoms with Crippen LogP contribution in [0.25, 0.3) is 0 Å². The topological polar surface area (TPSA) is 29.1 Å². The first-order chi connectivity index (χ1) is 8.83. The normalized spacial score (nSPS) is 14.7. The smallest absolute Gasteiger partial charge is 0.155 e. The molecule has 0 aromatic carbocycles. The van der Waals surface area contributed by atoms with Crippen molar-refractivity contribution in [3.63, 3.8) is 0 Å². The number of hydrogen-bond donors (Lipinski definition) is 1. The van der Waals surface area contributed by atoms with Crippen molar-refractivity contribution in [3.05, 3.63) is 12.7 Å². The van der Waals surface area contributed by atoms with Crippen molar-refractivity contribution in [2.45, 2.75) is 84.7 Å². The molecular weight excluding hydrogens is 234 g/mol. The van der Waals surface area contributed by atoms with E-state index in [1.54, 1.807) is 0 Å². The number of Topliss-reactive ketones (excluding diaryl/α,β-unsaturated/α-hetero) is 1. The van der Waals surface area contributed by atoms with Crippen LogP contribution in [0.3, 0.4) is 0 Å². The van der Waals surface area contributed by atoms with E-state index in [0.717, 1.165) is 19.3 Å². The summed E-state index contributed by atoms with van der Waals surface area (Å²) in [5.74, 6) is 0.435. The van der Waals surface area contributed by atoms with Crippen LogP contribution in [-0.2, 0) is 4.79 Å². The zero-order chi connectivity index (χ0) is 14.9. The Morgan fingerprint density at radius 2 is 1.74 bits per heavy atom. The number of nitrogens with one attached hydrogen (secondary N) is 1. The number of ketones is 1. The summed E-state index contributed by atoms with van der Waals surface area (Å²) in [6, 6.07) is 0.341. The molecule has 0 aliphatic rings. The number of hydrogen-bond acceptors (Lipinski definition) is 2. The lowest BCUT2D eigenvalue weighted by Crippen LogP contribution is -2.53. The molecule has 2 heteroatoms. The van der Waals surface area contributed by atoms with E-state index in [-0.39, 0.29) is 11.5 Å². The molecule has 0 aliphatic heterocycles. The number of carbonyl (C=O) groups excluding carboxylic acids is 1. The molecule has 0 bridgehead atoms. The minimum atomic E-state index is -0.360. The van der Waals surface area contributed by atoms with Gasteiger partial charge in [-0.05, 0) is 40.0 Å². The molecule has 0 amide bonds. The highest BCUT2D eigenvalue weighted by molar-refractivity contribution is 5.89. The van der Waals surface area contributed by atoms with E-state index in [9.17, 15) is 4.79 Å². The molecule has 0 spiro atoms. The van der Waals surface area contributed by atoms with Gasteiger partial charge in [-0.3, -0.25) is 4.79 Å². The predicted octanol–water partition coefficient (Wildman–Crippen LogP) is 4.49. The molecular formula is C17H33NO. The summed E-state index contributed by atoms with van der Waals surface area (Å²) in [5.41, 5.74) is -0.360. The monoisotopic (exact) mass is 267 g/mol. The third-order valence-electron chi connectivity index (χ3n) is 3.51. The van der Waals surface area contributed by atoms with E-state index in [1.807, 2.05) is 19.9 Å². The lowest BCUT2D eigenvalue weighted by molar-refractivity contribution is -0.128. The molecule has 0 saturated heterocycles. The number of carbonyl (C=O) groups is 1. The van der Waals surface area contributed by atoms with Gasteiger partial charge in [0.2, 0.25) is 0 Å². The molecule has 0 aromatic heterocycles. The van der Waals surface area contributed by atoms with Gasteiger partial charge in [0.1, 0.15) is 0 Å². The molecule has 0 radical (unpaired) electrons. The fraction of sp³-hybridized carbons (Fsp3) is 0.824. The molecule has 0 unspecified atom stereocenters. The van der Waals surface area contributed by atoms with Crippen molar-refractivity contribution in [1.82, 2.24) is 5.32 Å². The first kappa shape index (κ1) is 18.4. The number of allylic oxidation sites excluding steroid dienone is 1. The van der Waals surface area contributed by atoms with Crippen molar-refractivity contribution in [3.8, 4) is 0 Å². The van der Waals surface area contributed by atoms with E-state index >= 15 is 0 Å². The highest BCUT2D eigenvalue weighted by Crippen LogP contribution is 2.21. The molecule has 19 heavy (non-hydrogen) atoms. The summed E-state index contributed by atoms with van der Waals surface area (Å²) in [6.45, 7) is 14.0. The van der Waals surface area contributed by atoms with E-state index in [4.69, 9.17) is 0 Å². The fourth-order valence-corrected chi connectivity index (χ4v) is 2.66. The summed E-state index contributed by atoms with van der Waals surface area (Å²) in [5, 5.41) is 3.47.